The number of benzene rings is 1. The van der Waals surface area contributed by atoms with Gasteiger partial charge in [-0.25, -0.2) is 0 Å². The zero-order chi connectivity index (χ0) is 14.5. The van der Waals surface area contributed by atoms with E-state index in [1.807, 2.05) is 19.1 Å². The van der Waals surface area contributed by atoms with E-state index in [0.717, 1.165) is 18.5 Å². The molecule has 4 nitrogen and oxygen atoms in total. The molecule has 108 valence electrons. The van der Waals surface area contributed by atoms with Gasteiger partial charge >= 0.3 is 0 Å². The lowest BCUT2D eigenvalue weighted by atomic mass is 9.89. The molecule has 1 unspecified atom stereocenters. The Morgan fingerprint density at radius 2 is 2.05 bits per heavy atom. The van der Waals surface area contributed by atoms with E-state index in [9.17, 15) is 5.11 Å². The normalized spacial score (nSPS) is 13.3. The van der Waals surface area contributed by atoms with Crippen molar-refractivity contribution in [3.63, 3.8) is 0 Å². The number of aromatic hydroxyl groups is 1. The maximum atomic E-state index is 9.97. The summed E-state index contributed by atoms with van der Waals surface area (Å²) in [4.78, 5) is 0. The van der Waals surface area contributed by atoms with Crippen molar-refractivity contribution in [1.29, 1.82) is 0 Å². The van der Waals surface area contributed by atoms with Crippen LogP contribution in [0.2, 0.25) is 0 Å². The molecule has 1 aromatic rings. The molecule has 3 N–H and O–H groups in total. The lowest BCUT2D eigenvalue weighted by Crippen LogP contribution is -2.32. The van der Waals surface area contributed by atoms with Crippen molar-refractivity contribution in [3.05, 3.63) is 23.8 Å². The molecule has 19 heavy (non-hydrogen) atoms. The second kappa shape index (κ2) is 6.78. The first-order valence-corrected chi connectivity index (χ1v) is 6.61. The van der Waals surface area contributed by atoms with Crippen molar-refractivity contribution in [2.75, 3.05) is 20.3 Å². The van der Waals surface area contributed by atoms with E-state index in [-0.39, 0.29) is 23.8 Å². The van der Waals surface area contributed by atoms with Crippen LogP contribution in [0.4, 0.5) is 0 Å². The van der Waals surface area contributed by atoms with Crippen molar-refractivity contribution in [3.8, 4) is 11.5 Å². The molecular formula is C15H25NO3. The molecule has 1 aromatic carbocycles. The van der Waals surface area contributed by atoms with Gasteiger partial charge in [0.1, 0.15) is 11.5 Å². The summed E-state index contributed by atoms with van der Waals surface area (Å²) < 4.78 is 5.07. The van der Waals surface area contributed by atoms with Gasteiger partial charge in [-0.2, -0.15) is 0 Å². The third kappa shape index (κ3) is 4.73. The van der Waals surface area contributed by atoms with Crippen molar-refractivity contribution >= 4 is 0 Å². The second-order valence-corrected chi connectivity index (χ2v) is 5.67. The molecule has 0 aromatic heterocycles. The van der Waals surface area contributed by atoms with Crippen LogP contribution in [0.15, 0.2) is 18.2 Å². The number of nitrogens with one attached hydrogen (secondary N) is 1. The van der Waals surface area contributed by atoms with E-state index in [2.05, 4.69) is 19.2 Å². The van der Waals surface area contributed by atoms with Crippen LogP contribution in [0.25, 0.3) is 0 Å². The zero-order valence-corrected chi connectivity index (χ0v) is 12.2. The highest BCUT2D eigenvalue weighted by Gasteiger charge is 2.19. The Balaban J connectivity index is 2.65. The summed E-state index contributed by atoms with van der Waals surface area (Å²) in [5, 5.41) is 22.4. The van der Waals surface area contributed by atoms with Crippen LogP contribution in [0.1, 0.15) is 38.8 Å². The third-order valence-electron chi connectivity index (χ3n) is 3.38. The molecule has 0 radical (unpaired) electrons. The quantitative estimate of drug-likeness (QED) is 0.710. The van der Waals surface area contributed by atoms with Gasteiger partial charge in [0.05, 0.1) is 7.11 Å². The maximum absolute atomic E-state index is 9.97. The maximum Gasteiger partial charge on any atom is 0.124 e. The number of phenols is 1. The van der Waals surface area contributed by atoms with E-state index >= 15 is 0 Å². The minimum absolute atomic E-state index is 0.0328. The Kier molecular flexibility index (Phi) is 5.63. The first kappa shape index (κ1) is 15.8. The van der Waals surface area contributed by atoms with E-state index in [4.69, 9.17) is 9.84 Å². The molecule has 0 bridgehead atoms. The van der Waals surface area contributed by atoms with Crippen molar-refractivity contribution < 1.29 is 14.9 Å². The Morgan fingerprint density at radius 3 is 2.58 bits per heavy atom. The summed E-state index contributed by atoms with van der Waals surface area (Å²) in [6.45, 7) is 7.20. The van der Waals surface area contributed by atoms with Crippen LogP contribution < -0.4 is 10.1 Å². The van der Waals surface area contributed by atoms with Crippen molar-refractivity contribution in [2.24, 2.45) is 5.41 Å². The fourth-order valence-electron chi connectivity index (χ4n) is 1.95. The Hall–Kier alpha value is -1.26. The van der Waals surface area contributed by atoms with Crippen LogP contribution in [-0.4, -0.2) is 30.5 Å². The summed E-state index contributed by atoms with van der Waals surface area (Å²) in [6.07, 6.45) is 0.751. The van der Waals surface area contributed by atoms with Gasteiger partial charge in [0.15, 0.2) is 0 Å². The lowest BCUT2D eigenvalue weighted by molar-refractivity contribution is 0.203. The second-order valence-electron chi connectivity index (χ2n) is 5.67. The molecule has 0 spiro atoms. The highest BCUT2D eigenvalue weighted by atomic mass is 16.5. The third-order valence-corrected chi connectivity index (χ3v) is 3.38. The van der Waals surface area contributed by atoms with Gasteiger partial charge < -0.3 is 20.3 Å². The number of hydrogen-bond acceptors (Lipinski definition) is 4. The number of phenolic OH excluding ortho intramolecular Hbond substituents is 1. The van der Waals surface area contributed by atoms with Gasteiger partial charge in [0.2, 0.25) is 0 Å². The highest BCUT2D eigenvalue weighted by Crippen LogP contribution is 2.29. The first-order chi connectivity index (χ1) is 8.89. The van der Waals surface area contributed by atoms with E-state index < -0.39 is 0 Å². The van der Waals surface area contributed by atoms with Crippen LogP contribution in [0.5, 0.6) is 11.5 Å². The molecule has 0 saturated heterocycles. The predicted octanol–water partition coefficient (Wildman–Crippen LogP) is 2.46. The minimum atomic E-state index is 0.0328. The summed E-state index contributed by atoms with van der Waals surface area (Å²) in [5.41, 5.74) is 0.881. The molecule has 0 aliphatic rings. The Bertz CT molecular complexity index is 404. The van der Waals surface area contributed by atoms with Gasteiger partial charge in [-0.3, -0.25) is 0 Å². The largest absolute Gasteiger partial charge is 0.507 e. The van der Waals surface area contributed by atoms with Crippen LogP contribution in [-0.2, 0) is 0 Å². The lowest BCUT2D eigenvalue weighted by Gasteiger charge is -2.27. The summed E-state index contributed by atoms with van der Waals surface area (Å²) in [5.74, 6) is 0.883. The number of hydrogen-bond donors (Lipinski definition) is 3. The summed E-state index contributed by atoms with van der Waals surface area (Å²) in [6, 6.07) is 5.37. The molecule has 0 amide bonds. The number of rotatable bonds is 7. The molecule has 0 saturated carbocycles. The van der Waals surface area contributed by atoms with Crippen LogP contribution in [0, 0.1) is 5.41 Å². The number of aliphatic hydroxyl groups excluding tert-OH is 1. The van der Waals surface area contributed by atoms with Gasteiger partial charge in [-0.05, 0) is 24.8 Å². The smallest absolute Gasteiger partial charge is 0.124 e. The fraction of sp³-hybridized carbons (Fsp3) is 0.600. The molecule has 4 heteroatoms. The molecule has 0 fully saturated rings. The average Bonchev–Trinajstić information content (AvgIpc) is 2.36. The molecule has 0 aliphatic carbocycles. The van der Waals surface area contributed by atoms with Gasteiger partial charge in [0.25, 0.3) is 0 Å². The molecule has 1 rings (SSSR count). The van der Waals surface area contributed by atoms with Crippen molar-refractivity contribution in [2.45, 2.75) is 33.2 Å². The minimum Gasteiger partial charge on any atom is -0.507 e. The Labute approximate surface area is 115 Å². The Morgan fingerprint density at radius 1 is 1.37 bits per heavy atom. The highest BCUT2D eigenvalue weighted by molar-refractivity contribution is 5.41. The summed E-state index contributed by atoms with van der Waals surface area (Å²) in [7, 11) is 1.58. The molecule has 1 atom stereocenters. The topological polar surface area (TPSA) is 61.7 Å². The van der Waals surface area contributed by atoms with Crippen LogP contribution >= 0.6 is 0 Å². The monoisotopic (exact) mass is 267 g/mol. The van der Waals surface area contributed by atoms with Crippen LogP contribution in [0.3, 0.4) is 0 Å². The summed E-state index contributed by atoms with van der Waals surface area (Å²) >= 11 is 0. The van der Waals surface area contributed by atoms with E-state index in [1.165, 1.54) is 0 Å². The predicted molar refractivity (Wildman–Crippen MR) is 76.6 cm³/mol. The van der Waals surface area contributed by atoms with E-state index in [1.54, 1.807) is 13.2 Å². The van der Waals surface area contributed by atoms with Gasteiger partial charge in [0, 0.05) is 30.8 Å². The molecule has 0 aliphatic heterocycles. The fourth-order valence-corrected chi connectivity index (χ4v) is 1.95. The van der Waals surface area contributed by atoms with E-state index in [0.29, 0.717) is 5.75 Å². The number of ether oxygens (including phenoxy) is 1. The standard InChI is InChI=1S/C15H25NO3/c1-11(16-10-15(2,3)7-8-17)13-6-5-12(19-4)9-14(13)18/h5-6,9,11,16-18H,7-8,10H2,1-4H3. The van der Waals surface area contributed by atoms with Crippen molar-refractivity contribution in [1.82, 2.24) is 5.32 Å². The molecule has 0 heterocycles. The van der Waals surface area contributed by atoms with Gasteiger partial charge in [-0.1, -0.05) is 19.9 Å². The number of aliphatic hydroxyl groups is 1. The SMILES string of the molecule is COc1ccc(C(C)NCC(C)(C)CCO)c(O)c1. The van der Waals surface area contributed by atoms with Gasteiger partial charge in [-0.15, -0.1) is 0 Å². The molecular weight excluding hydrogens is 242 g/mol. The first-order valence-electron chi connectivity index (χ1n) is 6.61. The zero-order valence-electron chi connectivity index (χ0n) is 12.2. The average molecular weight is 267 g/mol. The number of methoxy groups -OCH3 is 1.